The monoisotopic (exact) mass is 393 g/mol. The van der Waals surface area contributed by atoms with Crippen LogP contribution in [0, 0.1) is 0 Å². The highest BCUT2D eigenvalue weighted by Crippen LogP contribution is 2.31. The molecule has 29 heavy (non-hydrogen) atoms. The number of aromatic nitrogens is 1. The summed E-state index contributed by atoms with van der Waals surface area (Å²) in [5, 5.41) is 14.0. The standard InChI is InChI=1S/C22H23N3O4/c1-13-6-8-17(21(27)25-15(12-13)7-9-18(25)22(28)29)24-20(26)19-16-5-3-2-4-14(16)10-11-23-19/h2-6,10-11,15,17-18H,7-9,12H2,1H3,(H,24,26)(H,28,29)/b13-6-/t15-,17-,18-/m0/s1. The molecule has 2 N–H and O–H groups in total. The van der Waals surface area contributed by atoms with Crippen molar-refractivity contribution in [3.63, 3.8) is 0 Å². The van der Waals surface area contributed by atoms with E-state index in [4.69, 9.17) is 0 Å². The Bertz CT molecular complexity index is 1010. The van der Waals surface area contributed by atoms with Crippen LogP contribution in [0.2, 0.25) is 0 Å². The van der Waals surface area contributed by atoms with Crippen LogP contribution in [0.4, 0.5) is 0 Å². The fourth-order valence-electron chi connectivity index (χ4n) is 4.36. The van der Waals surface area contributed by atoms with Crippen LogP contribution >= 0.6 is 0 Å². The van der Waals surface area contributed by atoms with Gasteiger partial charge in [-0.25, -0.2) is 4.79 Å². The van der Waals surface area contributed by atoms with E-state index in [9.17, 15) is 19.5 Å². The fraction of sp³-hybridized carbons (Fsp3) is 0.364. The molecule has 0 spiro atoms. The minimum atomic E-state index is -0.996. The van der Waals surface area contributed by atoms with Crippen molar-refractivity contribution in [3.05, 3.63) is 53.9 Å². The molecule has 4 rings (SSSR count). The van der Waals surface area contributed by atoms with Gasteiger partial charge in [0.25, 0.3) is 5.91 Å². The van der Waals surface area contributed by atoms with Gasteiger partial charge in [-0.3, -0.25) is 14.6 Å². The SMILES string of the molecule is C/C1=C/C[C@H](NC(=O)c2nccc3ccccc23)C(=O)N2[C@@H](CC[C@H]2C(=O)O)C1. The molecular weight excluding hydrogens is 370 g/mol. The Labute approximate surface area is 168 Å². The number of carboxylic acids is 1. The second-order valence-electron chi connectivity index (χ2n) is 7.73. The Hall–Kier alpha value is -3.22. The topological polar surface area (TPSA) is 99.6 Å². The lowest BCUT2D eigenvalue weighted by atomic mass is 9.99. The number of pyridine rings is 1. The van der Waals surface area contributed by atoms with Gasteiger partial charge in [-0.05, 0) is 44.1 Å². The first-order valence-electron chi connectivity index (χ1n) is 9.81. The number of rotatable bonds is 3. The van der Waals surface area contributed by atoms with Crippen molar-refractivity contribution in [1.29, 1.82) is 0 Å². The van der Waals surface area contributed by atoms with Crippen LogP contribution in [-0.4, -0.2) is 50.9 Å². The van der Waals surface area contributed by atoms with Gasteiger partial charge in [-0.1, -0.05) is 35.9 Å². The van der Waals surface area contributed by atoms with Crippen molar-refractivity contribution < 1.29 is 19.5 Å². The Kier molecular flexibility index (Phi) is 5.05. The molecule has 3 atom stereocenters. The summed E-state index contributed by atoms with van der Waals surface area (Å²) in [4.78, 5) is 43.6. The van der Waals surface area contributed by atoms with E-state index in [1.165, 1.54) is 4.90 Å². The van der Waals surface area contributed by atoms with Gasteiger partial charge in [0.05, 0.1) is 0 Å². The van der Waals surface area contributed by atoms with Crippen molar-refractivity contribution in [2.75, 3.05) is 0 Å². The number of carbonyl (C=O) groups is 3. The molecule has 2 aromatic rings. The maximum atomic E-state index is 13.2. The molecule has 3 heterocycles. The quantitative estimate of drug-likeness (QED) is 0.781. The molecule has 2 aliphatic heterocycles. The first kappa shape index (κ1) is 19.1. The molecule has 1 aromatic heterocycles. The number of nitrogens with zero attached hydrogens (tertiary/aromatic N) is 2. The molecule has 0 saturated carbocycles. The lowest BCUT2D eigenvalue weighted by Crippen LogP contribution is -2.54. The van der Waals surface area contributed by atoms with Crippen LogP contribution in [0.3, 0.4) is 0 Å². The second kappa shape index (κ2) is 7.66. The average Bonchev–Trinajstić information content (AvgIpc) is 3.12. The summed E-state index contributed by atoms with van der Waals surface area (Å²) in [6.07, 6.45) is 5.62. The molecule has 2 amide bonds. The van der Waals surface area contributed by atoms with Crippen molar-refractivity contribution >= 4 is 28.6 Å². The lowest BCUT2D eigenvalue weighted by Gasteiger charge is -2.33. The van der Waals surface area contributed by atoms with Gasteiger partial charge in [-0.15, -0.1) is 0 Å². The van der Waals surface area contributed by atoms with E-state index >= 15 is 0 Å². The van der Waals surface area contributed by atoms with E-state index in [0.29, 0.717) is 31.1 Å². The normalized spacial score (nSPS) is 26.2. The predicted molar refractivity (Wildman–Crippen MR) is 107 cm³/mol. The van der Waals surface area contributed by atoms with E-state index in [1.807, 2.05) is 43.3 Å². The Balaban J connectivity index is 1.64. The Morgan fingerprint density at radius 2 is 2.00 bits per heavy atom. The van der Waals surface area contributed by atoms with Gasteiger partial charge in [-0.2, -0.15) is 0 Å². The van der Waals surface area contributed by atoms with Gasteiger partial charge < -0.3 is 15.3 Å². The maximum Gasteiger partial charge on any atom is 0.326 e. The number of benzene rings is 1. The zero-order chi connectivity index (χ0) is 20.5. The first-order chi connectivity index (χ1) is 14.0. The van der Waals surface area contributed by atoms with E-state index < -0.39 is 24.0 Å². The molecular formula is C22H23N3O4. The maximum absolute atomic E-state index is 13.2. The molecule has 1 saturated heterocycles. The molecule has 1 aromatic carbocycles. The zero-order valence-corrected chi connectivity index (χ0v) is 16.2. The summed E-state index contributed by atoms with van der Waals surface area (Å²) in [6, 6.07) is 7.46. The van der Waals surface area contributed by atoms with Crippen LogP contribution in [-0.2, 0) is 9.59 Å². The van der Waals surface area contributed by atoms with E-state index in [2.05, 4.69) is 10.3 Å². The Morgan fingerprint density at radius 1 is 1.21 bits per heavy atom. The van der Waals surface area contributed by atoms with Crippen molar-refractivity contribution in [2.45, 2.75) is 50.7 Å². The molecule has 7 heteroatoms. The number of amides is 2. The number of fused-ring (bicyclic) bond motifs is 2. The molecule has 0 radical (unpaired) electrons. The van der Waals surface area contributed by atoms with Gasteiger partial charge >= 0.3 is 5.97 Å². The smallest absolute Gasteiger partial charge is 0.326 e. The molecule has 0 bridgehead atoms. The van der Waals surface area contributed by atoms with Gasteiger partial charge in [0.2, 0.25) is 5.91 Å². The van der Waals surface area contributed by atoms with Crippen LogP contribution in [0.5, 0.6) is 0 Å². The third-order valence-corrected chi connectivity index (χ3v) is 5.79. The molecule has 0 aliphatic carbocycles. The van der Waals surface area contributed by atoms with E-state index in [-0.39, 0.29) is 17.6 Å². The zero-order valence-electron chi connectivity index (χ0n) is 16.2. The minimum absolute atomic E-state index is 0.143. The van der Waals surface area contributed by atoms with Crippen LogP contribution in [0.15, 0.2) is 48.2 Å². The molecule has 1 fully saturated rings. The summed E-state index contributed by atoms with van der Waals surface area (Å²) in [7, 11) is 0. The summed E-state index contributed by atoms with van der Waals surface area (Å²) < 4.78 is 0. The summed E-state index contributed by atoms with van der Waals surface area (Å²) in [5.41, 5.74) is 1.35. The van der Waals surface area contributed by atoms with Gasteiger partial charge in [0.1, 0.15) is 17.8 Å². The third kappa shape index (κ3) is 3.60. The lowest BCUT2D eigenvalue weighted by molar-refractivity contribution is -0.150. The molecule has 0 unspecified atom stereocenters. The number of nitrogens with one attached hydrogen (secondary N) is 1. The van der Waals surface area contributed by atoms with Crippen LogP contribution in [0.25, 0.3) is 10.8 Å². The fourth-order valence-corrected chi connectivity index (χ4v) is 4.36. The summed E-state index contributed by atoms with van der Waals surface area (Å²) in [5.74, 6) is -1.77. The molecule has 7 nitrogen and oxygen atoms in total. The average molecular weight is 393 g/mol. The van der Waals surface area contributed by atoms with Crippen molar-refractivity contribution in [1.82, 2.24) is 15.2 Å². The number of carboxylic acid groups (broad SMARTS) is 1. The van der Waals surface area contributed by atoms with Crippen molar-refractivity contribution in [2.24, 2.45) is 0 Å². The highest BCUT2D eigenvalue weighted by Gasteiger charge is 2.44. The highest BCUT2D eigenvalue weighted by molar-refractivity contribution is 6.06. The second-order valence-corrected chi connectivity index (χ2v) is 7.73. The third-order valence-electron chi connectivity index (χ3n) is 5.79. The van der Waals surface area contributed by atoms with E-state index in [0.717, 1.165) is 11.0 Å². The van der Waals surface area contributed by atoms with Crippen molar-refractivity contribution in [3.8, 4) is 0 Å². The van der Waals surface area contributed by atoms with Gasteiger partial charge in [0, 0.05) is 17.6 Å². The first-order valence-corrected chi connectivity index (χ1v) is 9.81. The number of hydrogen-bond acceptors (Lipinski definition) is 4. The molecule has 2 aliphatic rings. The number of aliphatic carboxylic acids is 1. The Morgan fingerprint density at radius 3 is 2.79 bits per heavy atom. The minimum Gasteiger partial charge on any atom is -0.480 e. The number of carbonyl (C=O) groups excluding carboxylic acids is 2. The summed E-state index contributed by atoms with van der Waals surface area (Å²) in [6.45, 7) is 1.98. The highest BCUT2D eigenvalue weighted by atomic mass is 16.4. The molecule has 150 valence electrons. The number of hydrogen-bond donors (Lipinski definition) is 2. The largest absolute Gasteiger partial charge is 0.480 e. The summed E-state index contributed by atoms with van der Waals surface area (Å²) >= 11 is 0. The van der Waals surface area contributed by atoms with E-state index in [1.54, 1.807) is 6.20 Å². The van der Waals surface area contributed by atoms with Crippen LogP contribution < -0.4 is 5.32 Å². The van der Waals surface area contributed by atoms with Gasteiger partial charge in [0.15, 0.2) is 0 Å². The predicted octanol–water partition coefficient (Wildman–Crippen LogP) is 2.52. The van der Waals surface area contributed by atoms with Crippen LogP contribution in [0.1, 0.15) is 43.1 Å².